The molecule has 6 nitrogen and oxygen atoms in total. The highest BCUT2D eigenvalue weighted by atomic mass is 16.5. The molecule has 22 heavy (non-hydrogen) atoms. The van der Waals surface area contributed by atoms with E-state index in [1.54, 1.807) is 0 Å². The van der Waals surface area contributed by atoms with Crippen molar-refractivity contribution in [1.29, 1.82) is 0 Å². The zero-order valence-electron chi connectivity index (χ0n) is 13.4. The number of carboxylic acids is 1. The van der Waals surface area contributed by atoms with Crippen molar-refractivity contribution >= 4 is 5.97 Å². The molecule has 124 valence electrons. The molecule has 1 unspecified atom stereocenters. The summed E-state index contributed by atoms with van der Waals surface area (Å²) in [6, 6.07) is 0. The molecule has 6 heteroatoms. The predicted molar refractivity (Wildman–Crippen MR) is 82.5 cm³/mol. The van der Waals surface area contributed by atoms with Crippen LogP contribution in [0.3, 0.4) is 0 Å². The number of hydrogen-bond acceptors (Lipinski definition) is 5. The molecule has 0 aromatic carbocycles. The van der Waals surface area contributed by atoms with Crippen molar-refractivity contribution in [2.45, 2.75) is 70.3 Å². The van der Waals surface area contributed by atoms with Crippen LogP contribution in [0.1, 0.15) is 75.4 Å². The Balaban J connectivity index is 1.86. The van der Waals surface area contributed by atoms with E-state index in [1.165, 1.54) is 38.5 Å². The second kappa shape index (κ2) is 8.88. The minimum absolute atomic E-state index is 0.0614. The second-order valence-electron chi connectivity index (χ2n) is 6.31. The smallest absolute Gasteiger partial charge is 0.304 e. The fraction of sp³-hybridized carbons (Fsp3) is 0.812. The molecule has 1 aromatic rings. The highest BCUT2D eigenvalue weighted by Gasteiger charge is 2.23. The van der Waals surface area contributed by atoms with Gasteiger partial charge in [-0.05, 0) is 19.4 Å². The Kier molecular flexibility index (Phi) is 6.83. The number of carbonyl (C=O) groups is 1. The van der Waals surface area contributed by atoms with E-state index in [0.29, 0.717) is 18.3 Å². The van der Waals surface area contributed by atoms with E-state index < -0.39 is 5.97 Å². The molecule has 2 rings (SSSR count). The van der Waals surface area contributed by atoms with Gasteiger partial charge in [0.1, 0.15) is 0 Å². The van der Waals surface area contributed by atoms with E-state index in [4.69, 9.17) is 9.63 Å². The standard InChI is InChI=1S/C16H27N3O3/c1-17-11-14-18-16(22-19-14)13(10-15(20)21)9-5-8-12-6-3-2-4-7-12/h12-13,17H,2-11H2,1H3,(H,20,21). The number of nitrogens with zero attached hydrogens (tertiary/aromatic N) is 2. The number of nitrogens with one attached hydrogen (secondary N) is 1. The lowest BCUT2D eigenvalue weighted by Gasteiger charge is -2.21. The van der Waals surface area contributed by atoms with E-state index in [0.717, 1.165) is 18.8 Å². The van der Waals surface area contributed by atoms with Gasteiger partial charge in [0.25, 0.3) is 0 Å². The first kappa shape index (κ1) is 16.9. The summed E-state index contributed by atoms with van der Waals surface area (Å²) < 4.78 is 5.26. The normalized spacial score (nSPS) is 17.5. The predicted octanol–water partition coefficient (Wildman–Crippen LogP) is 3.10. The molecule has 1 atom stereocenters. The quantitative estimate of drug-likeness (QED) is 0.728. The van der Waals surface area contributed by atoms with Gasteiger partial charge in [-0.3, -0.25) is 4.79 Å². The van der Waals surface area contributed by atoms with E-state index in [2.05, 4.69) is 15.5 Å². The van der Waals surface area contributed by atoms with Crippen molar-refractivity contribution in [3.63, 3.8) is 0 Å². The molecule has 0 bridgehead atoms. The van der Waals surface area contributed by atoms with Crippen molar-refractivity contribution in [1.82, 2.24) is 15.5 Å². The van der Waals surface area contributed by atoms with E-state index >= 15 is 0 Å². The van der Waals surface area contributed by atoms with Gasteiger partial charge in [-0.25, -0.2) is 0 Å². The summed E-state index contributed by atoms with van der Waals surface area (Å²) in [4.78, 5) is 15.4. The minimum Gasteiger partial charge on any atom is -0.481 e. The number of aromatic nitrogens is 2. The molecule has 1 aromatic heterocycles. The van der Waals surface area contributed by atoms with Gasteiger partial charge in [0.15, 0.2) is 5.82 Å². The van der Waals surface area contributed by atoms with Crippen LogP contribution in [0.2, 0.25) is 0 Å². The van der Waals surface area contributed by atoms with Crippen LogP contribution in [0.4, 0.5) is 0 Å². The zero-order chi connectivity index (χ0) is 15.8. The van der Waals surface area contributed by atoms with Crippen LogP contribution in [0.5, 0.6) is 0 Å². The van der Waals surface area contributed by atoms with E-state index in [9.17, 15) is 4.79 Å². The second-order valence-corrected chi connectivity index (χ2v) is 6.31. The van der Waals surface area contributed by atoms with Gasteiger partial charge >= 0.3 is 5.97 Å². The Morgan fingerprint density at radius 1 is 1.41 bits per heavy atom. The molecule has 1 aliphatic rings. The molecule has 1 saturated carbocycles. The number of carboxylic acid groups (broad SMARTS) is 1. The first-order valence-corrected chi connectivity index (χ1v) is 8.38. The summed E-state index contributed by atoms with van der Waals surface area (Å²) >= 11 is 0. The Labute approximate surface area is 131 Å². The molecule has 2 N–H and O–H groups in total. The highest BCUT2D eigenvalue weighted by molar-refractivity contribution is 5.67. The van der Waals surface area contributed by atoms with Crippen LogP contribution in [-0.2, 0) is 11.3 Å². The molecule has 1 heterocycles. The van der Waals surface area contributed by atoms with Gasteiger partial charge in [0, 0.05) is 5.92 Å². The average molecular weight is 309 g/mol. The minimum atomic E-state index is -0.809. The molecule has 0 amide bonds. The molecular formula is C16H27N3O3. The molecule has 0 aliphatic heterocycles. The summed E-state index contributed by atoms with van der Waals surface area (Å²) in [6.07, 6.45) is 9.82. The lowest BCUT2D eigenvalue weighted by molar-refractivity contribution is -0.137. The lowest BCUT2D eigenvalue weighted by atomic mass is 9.84. The Morgan fingerprint density at radius 3 is 2.86 bits per heavy atom. The molecular weight excluding hydrogens is 282 g/mol. The van der Waals surface area contributed by atoms with Crippen molar-refractivity contribution in [2.75, 3.05) is 7.05 Å². The van der Waals surface area contributed by atoms with Crippen LogP contribution in [0.15, 0.2) is 4.52 Å². The molecule has 0 spiro atoms. The van der Waals surface area contributed by atoms with Crippen LogP contribution in [0.25, 0.3) is 0 Å². The third-order valence-corrected chi connectivity index (χ3v) is 4.48. The third-order valence-electron chi connectivity index (χ3n) is 4.48. The number of aliphatic carboxylic acids is 1. The average Bonchev–Trinajstić information content (AvgIpc) is 2.96. The van der Waals surface area contributed by atoms with Crippen molar-refractivity contribution in [3.8, 4) is 0 Å². The molecule has 1 aliphatic carbocycles. The van der Waals surface area contributed by atoms with Gasteiger partial charge in [-0.2, -0.15) is 4.98 Å². The summed E-state index contributed by atoms with van der Waals surface area (Å²) in [5.74, 6) is 0.897. The van der Waals surface area contributed by atoms with Crippen molar-refractivity contribution < 1.29 is 14.4 Å². The third kappa shape index (κ3) is 5.40. The van der Waals surface area contributed by atoms with Crippen molar-refractivity contribution in [2.24, 2.45) is 5.92 Å². The Hall–Kier alpha value is -1.43. The molecule has 0 saturated heterocycles. The Morgan fingerprint density at radius 2 is 2.18 bits per heavy atom. The number of rotatable bonds is 9. The van der Waals surface area contributed by atoms with Crippen molar-refractivity contribution in [3.05, 3.63) is 11.7 Å². The molecule has 0 radical (unpaired) electrons. The highest BCUT2D eigenvalue weighted by Crippen LogP contribution is 2.30. The van der Waals surface area contributed by atoms with Gasteiger partial charge < -0.3 is 14.9 Å². The fourth-order valence-electron chi connectivity index (χ4n) is 3.32. The topological polar surface area (TPSA) is 88.2 Å². The van der Waals surface area contributed by atoms with Gasteiger partial charge in [-0.15, -0.1) is 0 Å². The first-order valence-electron chi connectivity index (χ1n) is 8.38. The fourth-order valence-corrected chi connectivity index (χ4v) is 3.32. The van der Waals surface area contributed by atoms with E-state index in [1.807, 2.05) is 7.05 Å². The van der Waals surface area contributed by atoms with Gasteiger partial charge in [0.2, 0.25) is 5.89 Å². The van der Waals surface area contributed by atoms with Crippen LogP contribution in [0, 0.1) is 5.92 Å². The van der Waals surface area contributed by atoms with Gasteiger partial charge in [0.05, 0.1) is 13.0 Å². The maximum atomic E-state index is 11.1. The maximum absolute atomic E-state index is 11.1. The van der Waals surface area contributed by atoms with Crippen LogP contribution < -0.4 is 5.32 Å². The zero-order valence-corrected chi connectivity index (χ0v) is 13.4. The van der Waals surface area contributed by atoms with Crippen LogP contribution >= 0.6 is 0 Å². The summed E-state index contributed by atoms with van der Waals surface area (Å²) in [7, 11) is 1.81. The molecule has 1 fully saturated rings. The number of hydrogen-bond donors (Lipinski definition) is 2. The monoisotopic (exact) mass is 309 g/mol. The summed E-state index contributed by atoms with van der Waals surface area (Å²) in [5, 5.41) is 16.0. The lowest BCUT2D eigenvalue weighted by Crippen LogP contribution is -2.10. The maximum Gasteiger partial charge on any atom is 0.304 e. The largest absolute Gasteiger partial charge is 0.481 e. The first-order chi connectivity index (χ1) is 10.7. The SMILES string of the molecule is CNCc1noc(C(CCCC2CCCCC2)CC(=O)O)n1. The Bertz CT molecular complexity index is 455. The van der Waals surface area contributed by atoms with Crippen LogP contribution in [-0.4, -0.2) is 28.3 Å². The van der Waals surface area contributed by atoms with Gasteiger partial charge in [-0.1, -0.05) is 50.1 Å². The van der Waals surface area contributed by atoms with E-state index in [-0.39, 0.29) is 12.3 Å². The summed E-state index contributed by atoms with van der Waals surface area (Å²) in [6.45, 7) is 0.533. The summed E-state index contributed by atoms with van der Waals surface area (Å²) in [5.41, 5.74) is 0.